The van der Waals surface area contributed by atoms with Crippen LogP contribution in [0.1, 0.15) is 24.5 Å². The summed E-state index contributed by atoms with van der Waals surface area (Å²) in [6.45, 7) is 9.05. The van der Waals surface area contributed by atoms with Gasteiger partial charge in [-0.25, -0.2) is 4.98 Å². The van der Waals surface area contributed by atoms with E-state index in [9.17, 15) is 4.79 Å². The van der Waals surface area contributed by atoms with Crippen LogP contribution >= 0.6 is 11.3 Å². The van der Waals surface area contributed by atoms with Crippen LogP contribution in [-0.2, 0) is 16.0 Å². The highest BCUT2D eigenvalue weighted by atomic mass is 32.1. The molecule has 0 amide bonds. The summed E-state index contributed by atoms with van der Waals surface area (Å²) in [6.07, 6.45) is 0.425. The SMILES string of the molecule is Cc1nc(CC(=O)C(C)(C)N2CCOCC2)cs1. The van der Waals surface area contributed by atoms with Gasteiger partial charge in [-0.1, -0.05) is 0 Å². The molecule has 1 aliphatic heterocycles. The van der Waals surface area contributed by atoms with Crippen LogP contribution in [-0.4, -0.2) is 47.5 Å². The number of aryl methyl sites for hydroxylation is 1. The maximum atomic E-state index is 12.4. The minimum absolute atomic E-state index is 0.231. The Bertz CT molecular complexity index is 422. The van der Waals surface area contributed by atoms with Gasteiger partial charge in [-0.05, 0) is 20.8 Å². The quantitative estimate of drug-likeness (QED) is 0.833. The van der Waals surface area contributed by atoms with Crippen molar-refractivity contribution in [1.29, 1.82) is 0 Å². The molecular formula is C13H20N2O2S. The molecular weight excluding hydrogens is 248 g/mol. The van der Waals surface area contributed by atoms with E-state index >= 15 is 0 Å². The molecule has 100 valence electrons. The molecule has 0 radical (unpaired) electrons. The van der Waals surface area contributed by atoms with Crippen molar-refractivity contribution in [1.82, 2.24) is 9.88 Å². The third-order valence-corrected chi connectivity index (χ3v) is 4.31. The number of morpholine rings is 1. The summed E-state index contributed by atoms with van der Waals surface area (Å²) in [5.41, 5.74) is 0.463. The normalized spacial score (nSPS) is 17.9. The van der Waals surface area contributed by atoms with Gasteiger partial charge in [-0.15, -0.1) is 11.3 Å². The Morgan fingerprint density at radius 2 is 2.17 bits per heavy atom. The van der Waals surface area contributed by atoms with Crippen LogP contribution in [0.2, 0.25) is 0 Å². The number of carbonyl (C=O) groups is 1. The predicted octanol–water partition coefficient (Wildman–Crippen LogP) is 1.67. The lowest BCUT2D eigenvalue weighted by Crippen LogP contribution is -2.54. The van der Waals surface area contributed by atoms with Crippen LogP contribution in [0.25, 0.3) is 0 Å². The second kappa shape index (κ2) is 5.47. The summed E-state index contributed by atoms with van der Waals surface area (Å²) >= 11 is 1.60. The summed E-state index contributed by atoms with van der Waals surface area (Å²) in [5, 5.41) is 2.99. The van der Waals surface area contributed by atoms with Gasteiger partial charge >= 0.3 is 0 Å². The highest BCUT2D eigenvalue weighted by Crippen LogP contribution is 2.20. The fourth-order valence-electron chi connectivity index (χ4n) is 2.17. The molecule has 1 aliphatic rings. The van der Waals surface area contributed by atoms with Crippen molar-refractivity contribution in [3.63, 3.8) is 0 Å². The lowest BCUT2D eigenvalue weighted by Gasteiger charge is -2.39. The largest absolute Gasteiger partial charge is 0.379 e. The molecule has 0 N–H and O–H groups in total. The van der Waals surface area contributed by atoms with Crippen LogP contribution in [0.3, 0.4) is 0 Å². The smallest absolute Gasteiger partial charge is 0.158 e. The molecule has 0 aromatic carbocycles. The molecule has 2 heterocycles. The van der Waals surface area contributed by atoms with Crippen molar-refractivity contribution >= 4 is 17.1 Å². The number of rotatable bonds is 4. The van der Waals surface area contributed by atoms with E-state index in [-0.39, 0.29) is 5.78 Å². The van der Waals surface area contributed by atoms with Gasteiger partial charge in [0.05, 0.1) is 35.9 Å². The summed E-state index contributed by atoms with van der Waals surface area (Å²) in [5.74, 6) is 0.231. The Morgan fingerprint density at radius 1 is 1.50 bits per heavy atom. The zero-order valence-corrected chi connectivity index (χ0v) is 12.0. The molecule has 1 aromatic heterocycles. The summed E-state index contributed by atoms with van der Waals surface area (Å²) in [6, 6.07) is 0. The Morgan fingerprint density at radius 3 is 2.72 bits per heavy atom. The molecule has 4 nitrogen and oxygen atoms in total. The number of aromatic nitrogens is 1. The maximum absolute atomic E-state index is 12.4. The van der Waals surface area contributed by atoms with Crippen LogP contribution in [0, 0.1) is 6.92 Å². The van der Waals surface area contributed by atoms with Crippen molar-refractivity contribution in [2.24, 2.45) is 0 Å². The van der Waals surface area contributed by atoms with E-state index in [1.165, 1.54) is 0 Å². The first kappa shape index (κ1) is 13.6. The Hall–Kier alpha value is -0.780. The van der Waals surface area contributed by atoms with Crippen molar-refractivity contribution in [2.45, 2.75) is 32.7 Å². The van der Waals surface area contributed by atoms with Gasteiger partial charge in [-0.2, -0.15) is 0 Å². The number of ether oxygens (including phenoxy) is 1. The fraction of sp³-hybridized carbons (Fsp3) is 0.692. The second-order valence-corrected chi connectivity index (χ2v) is 6.18. The van der Waals surface area contributed by atoms with E-state index in [1.807, 2.05) is 26.2 Å². The Balaban J connectivity index is 2.02. The molecule has 18 heavy (non-hydrogen) atoms. The zero-order chi connectivity index (χ0) is 13.2. The van der Waals surface area contributed by atoms with Crippen LogP contribution in [0.15, 0.2) is 5.38 Å². The van der Waals surface area contributed by atoms with E-state index in [2.05, 4.69) is 9.88 Å². The van der Waals surface area contributed by atoms with Gasteiger partial charge < -0.3 is 4.74 Å². The molecule has 2 rings (SSSR count). The lowest BCUT2D eigenvalue weighted by molar-refractivity contribution is -0.131. The maximum Gasteiger partial charge on any atom is 0.158 e. The number of ketones is 1. The first-order valence-electron chi connectivity index (χ1n) is 6.27. The molecule has 0 unspecified atom stereocenters. The van der Waals surface area contributed by atoms with Crippen LogP contribution in [0.5, 0.6) is 0 Å². The van der Waals surface area contributed by atoms with Gasteiger partial charge in [-0.3, -0.25) is 9.69 Å². The number of hydrogen-bond donors (Lipinski definition) is 0. The summed E-state index contributed by atoms with van der Waals surface area (Å²) in [7, 11) is 0. The third kappa shape index (κ3) is 2.96. The fourth-order valence-corrected chi connectivity index (χ4v) is 2.78. The molecule has 0 aliphatic carbocycles. The van der Waals surface area contributed by atoms with Crippen molar-refractivity contribution in [2.75, 3.05) is 26.3 Å². The predicted molar refractivity (Wildman–Crippen MR) is 72.0 cm³/mol. The Kier molecular flexibility index (Phi) is 4.14. The van der Waals surface area contributed by atoms with E-state index in [1.54, 1.807) is 11.3 Å². The van der Waals surface area contributed by atoms with Gasteiger partial charge in [0.15, 0.2) is 5.78 Å². The topological polar surface area (TPSA) is 42.4 Å². The number of thiazole rings is 1. The van der Waals surface area contributed by atoms with Gasteiger partial charge in [0, 0.05) is 18.5 Å². The summed E-state index contributed by atoms with van der Waals surface area (Å²) in [4.78, 5) is 19.0. The van der Waals surface area contributed by atoms with Crippen LogP contribution in [0.4, 0.5) is 0 Å². The second-order valence-electron chi connectivity index (χ2n) is 5.12. The molecule has 5 heteroatoms. The van der Waals surface area contributed by atoms with Crippen molar-refractivity contribution in [3.8, 4) is 0 Å². The monoisotopic (exact) mass is 268 g/mol. The number of carbonyl (C=O) groups excluding carboxylic acids is 1. The van der Waals surface area contributed by atoms with Crippen LogP contribution < -0.4 is 0 Å². The van der Waals surface area contributed by atoms with E-state index in [0.29, 0.717) is 19.6 Å². The highest BCUT2D eigenvalue weighted by molar-refractivity contribution is 7.09. The molecule has 1 fully saturated rings. The number of hydrogen-bond acceptors (Lipinski definition) is 5. The first-order chi connectivity index (χ1) is 8.50. The Labute approximate surface area is 112 Å². The first-order valence-corrected chi connectivity index (χ1v) is 7.15. The standard InChI is InChI=1S/C13H20N2O2S/c1-10-14-11(9-18-10)8-12(16)13(2,3)15-4-6-17-7-5-15/h9H,4-8H2,1-3H3. The van der Waals surface area contributed by atoms with E-state index < -0.39 is 5.54 Å². The lowest BCUT2D eigenvalue weighted by atomic mass is 9.93. The van der Waals surface area contributed by atoms with Gasteiger partial charge in [0.25, 0.3) is 0 Å². The van der Waals surface area contributed by atoms with Gasteiger partial charge in [0.1, 0.15) is 0 Å². The van der Waals surface area contributed by atoms with Crippen molar-refractivity contribution < 1.29 is 9.53 Å². The zero-order valence-electron chi connectivity index (χ0n) is 11.2. The minimum Gasteiger partial charge on any atom is -0.379 e. The molecule has 1 aromatic rings. The minimum atomic E-state index is -0.429. The molecule has 0 bridgehead atoms. The summed E-state index contributed by atoms with van der Waals surface area (Å²) < 4.78 is 5.33. The molecule has 1 saturated heterocycles. The molecule has 0 atom stereocenters. The average Bonchev–Trinajstić information content (AvgIpc) is 2.76. The van der Waals surface area contributed by atoms with Gasteiger partial charge in [0.2, 0.25) is 0 Å². The van der Waals surface area contributed by atoms with E-state index in [4.69, 9.17) is 4.74 Å². The number of nitrogens with zero attached hydrogens (tertiary/aromatic N) is 2. The molecule has 0 spiro atoms. The highest BCUT2D eigenvalue weighted by Gasteiger charge is 2.35. The third-order valence-electron chi connectivity index (χ3n) is 3.49. The van der Waals surface area contributed by atoms with Crippen molar-refractivity contribution in [3.05, 3.63) is 16.1 Å². The van der Waals surface area contributed by atoms with E-state index in [0.717, 1.165) is 23.8 Å². The molecule has 0 saturated carbocycles. The number of Topliss-reactive ketones (excluding diaryl/α,β-unsaturated/α-hetero) is 1. The average molecular weight is 268 g/mol.